The molecule has 2 aliphatic rings. The molecule has 0 radical (unpaired) electrons. The van der Waals surface area contributed by atoms with E-state index in [-0.39, 0.29) is 23.6 Å². The fourth-order valence-electron chi connectivity index (χ4n) is 3.61. The van der Waals surface area contributed by atoms with Crippen molar-refractivity contribution in [3.63, 3.8) is 0 Å². The Morgan fingerprint density at radius 1 is 1.39 bits per heavy atom. The number of amides is 3. The lowest BCUT2D eigenvalue weighted by Gasteiger charge is -2.20. The number of hydrogen-bond acceptors (Lipinski definition) is 5. The number of hydrogen-bond donors (Lipinski definition) is 2. The van der Waals surface area contributed by atoms with Crippen LogP contribution in [0.4, 0.5) is 11.4 Å². The molecule has 1 aromatic carbocycles. The van der Waals surface area contributed by atoms with Gasteiger partial charge in [-0.05, 0) is 37.0 Å². The summed E-state index contributed by atoms with van der Waals surface area (Å²) in [5, 5.41) is 5.61. The van der Waals surface area contributed by atoms with Crippen LogP contribution in [-0.2, 0) is 4.79 Å². The number of halogens is 1. The molecule has 2 aliphatic heterocycles. The molecule has 146 valence electrons. The zero-order chi connectivity index (χ0) is 20.0. The molecule has 0 bridgehead atoms. The third kappa shape index (κ3) is 3.27. The van der Waals surface area contributed by atoms with Crippen LogP contribution in [0.5, 0.6) is 0 Å². The first-order chi connectivity index (χ1) is 13.3. The van der Waals surface area contributed by atoms with Gasteiger partial charge in [-0.25, -0.2) is 4.98 Å². The van der Waals surface area contributed by atoms with Gasteiger partial charge >= 0.3 is 0 Å². The SMILES string of the molecule is CC(C)c1sc(Cl)nc1C(=O)Nc1ccc2c(c1)C(=O)N1CCC[C@@H]1C(=O)N2. The van der Waals surface area contributed by atoms with E-state index in [9.17, 15) is 14.4 Å². The summed E-state index contributed by atoms with van der Waals surface area (Å²) in [6, 6.07) is 4.47. The van der Waals surface area contributed by atoms with Crippen LogP contribution in [0.1, 0.15) is 58.3 Å². The average molecular weight is 419 g/mol. The highest BCUT2D eigenvalue weighted by molar-refractivity contribution is 7.16. The van der Waals surface area contributed by atoms with Gasteiger partial charge in [0.05, 0.1) is 11.3 Å². The molecule has 0 aliphatic carbocycles. The predicted molar refractivity (Wildman–Crippen MR) is 108 cm³/mol. The first-order valence-corrected chi connectivity index (χ1v) is 10.3. The van der Waals surface area contributed by atoms with Crippen LogP contribution >= 0.6 is 22.9 Å². The van der Waals surface area contributed by atoms with Crippen molar-refractivity contribution < 1.29 is 14.4 Å². The molecule has 9 heteroatoms. The molecular formula is C19H19ClN4O3S. The number of benzene rings is 1. The lowest BCUT2D eigenvalue weighted by molar-refractivity contribution is -0.119. The van der Waals surface area contributed by atoms with Gasteiger partial charge in [-0.1, -0.05) is 25.4 Å². The van der Waals surface area contributed by atoms with Crippen molar-refractivity contribution in [2.24, 2.45) is 0 Å². The zero-order valence-corrected chi connectivity index (χ0v) is 17.0. The third-order valence-corrected chi connectivity index (χ3v) is 6.41. The molecule has 2 N–H and O–H groups in total. The first kappa shape index (κ1) is 18.9. The number of fused-ring (bicyclic) bond motifs is 2. The van der Waals surface area contributed by atoms with Crippen LogP contribution in [0.15, 0.2) is 18.2 Å². The van der Waals surface area contributed by atoms with Gasteiger partial charge < -0.3 is 15.5 Å². The normalized spacial score (nSPS) is 18.6. The van der Waals surface area contributed by atoms with Gasteiger partial charge in [-0.3, -0.25) is 14.4 Å². The Morgan fingerprint density at radius 2 is 2.18 bits per heavy atom. The van der Waals surface area contributed by atoms with Crippen molar-refractivity contribution in [1.82, 2.24) is 9.88 Å². The maximum Gasteiger partial charge on any atom is 0.275 e. The maximum atomic E-state index is 12.9. The summed E-state index contributed by atoms with van der Waals surface area (Å²) in [7, 11) is 0. The summed E-state index contributed by atoms with van der Waals surface area (Å²) in [5.41, 5.74) is 1.58. The Balaban J connectivity index is 1.63. The molecule has 4 rings (SSSR count). The molecule has 0 saturated carbocycles. The van der Waals surface area contributed by atoms with Gasteiger partial charge in [0.1, 0.15) is 11.7 Å². The standard InChI is InChI=1S/C19H19ClN4O3S/c1-9(2)15-14(23-19(20)28-15)17(26)21-10-5-6-12-11(8-10)18(27)24-7-3-4-13(24)16(25)22-12/h5-6,8-9,13H,3-4,7H2,1-2H3,(H,21,26)(H,22,25)/t13-/m1/s1. The topological polar surface area (TPSA) is 91.4 Å². The number of nitrogens with zero attached hydrogens (tertiary/aromatic N) is 2. The Morgan fingerprint density at radius 3 is 2.93 bits per heavy atom. The number of nitrogens with one attached hydrogen (secondary N) is 2. The highest BCUT2D eigenvalue weighted by Crippen LogP contribution is 2.32. The van der Waals surface area contributed by atoms with Gasteiger partial charge in [-0.15, -0.1) is 11.3 Å². The number of rotatable bonds is 3. The number of carbonyl (C=O) groups excluding carboxylic acids is 3. The second-order valence-electron chi connectivity index (χ2n) is 7.19. The molecule has 3 amide bonds. The monoisotopic (exact) mass is 418 g/mol. The van der Waals surface area contributed by atoms with Crippen LogP contribution in [0.25, 0.3) is 0 Å². The largest absolute Gasteiger partial charge is 0.327 e. The van der Waals surface area contributed by atoms with Gasteiger partial charge in [0.25, 0.3) is 11.8 Å². The lowest BCUT2D eigenvalue weighted by atomic mass is 10.1. The highest BCUT2D eigenvalue weighted by atomic mass is 35.5. The van der Waals surface area contributed by atoms with Gasteiger partial charge in [0.15, 0.2) is 4.47 Å². The predicted octanol–water partition coefficient (Wildman–Crippen LogP) is 3.73. The molecule has 0 unspecified atom stereocenters. The summed E-state index contributed by atoms with van der Waals surface area (Å²) < 4.78 is 0.314. The van der Waals surface area contributed by atoms with E-state index in [4.69, 9.17) is 11.6 Å². The summed E-state index contributed by atoms with van der Waals surface area (Å²) >= 11 is 7.27. The van der Waals surface area contributed by atoms with E-state index in [2.05, 4.69) is 15.6 Å². The van der Waals surface area contributed by atoms with Crippen molar-refractivity contribution in [3.8, 4) is 0 Å². The fourth-order valence-corrected chi connectivity index (χ4v) is 4.73. The van der Waals surface area contributed by atoms with Gasteiger partial charge in [-0.2, -0.15) is 0 Å². The van der Waals surface area contributed by atoms with Crippen LogP contribution in [0.3, 0.4) is 0 Å². The van der Waals surface area contributed by atoms with Crippen LogP contribution < -0.4 is 10.6 Å². The minimum absolute atomic E-state index is 0.113. The van der Waals surface area contributed by atoms with Crippen molar-refractivity contribution >= 4 is 52.0 Å². The van der Waals surface area contributed by atoms with E-state index in [0.717, 1.165) is 11.3 Å². The summed E-state index contributed by atoms with van der Waals surface area (Å²) in [6.45, 7) is 4.50. The summed E-state index contributed by atoms with van der Waals surface area (Å²) in [4.78, 5) is 44.5. The van der Waals surface area contributed by atoms with Crippen LogP contribution in [0.2, 0.25) is 4.47 Å². The van der Waals surface area contributed by atoms with Gasteiger partial charge in [0, 0.05) is 17.1 Å². The quantitative estimate of drug-likeness (QED) is 0.794. The van der Waals surface area contributed by atoms with Crippen LogP contribution in [0, 0.1) is 0 Å². The maximum absolute atomic E-state index is 12.9. The van der Waals surface area contributed by atoms with E-state index >= 15 is 0 Å². The average Bonchev–Trinajstić information content (AvgIpc) is 3.27. The van der Waals surface area contributed by atoms with Crippen molar-refractivity contribution in [2.75, 3.05) is 17.2 Å². The highest BCUT2D eigenvalue weighted by Gasteiger charge is 2.38. The van der Waals surface area contributed by atoms with Crippen LogP contribution in [-0.4, -0.2) is 40.2 Å². The molecule has 1 atom stereocenters. The smallest absolute Gasteiger partial charge is 0.275 e. The third-order valence-electron chi connectivity index (χ3n) is 4.95. The lowest BCUT2D eigenvalue weighted by Crippen LogP contribution is -2.40. The summed E-state index contributed by atoms with van der Waals surface area (Å²) in [6.07, 6.45) is 1.47. The number of anilines is 2. The molecule has 2 aromatic rings. The Bertz CT molecular complexity index is 988. The summed E-state index contributed by atoms with van der Waals surface area (Å²) in [5.74, 6) is -0.635. The number of aromatic nitrogens is 1. The second-order valence-corrected chi connectivity index (χ2v) is 8.81. The Kier molecular flexibility index (Phi) is 4.84. The van der Waals surface area contributed by atoms with Gasteiger partial charge in [0.2, 0.25) is 5.91 Å². The zero-order valence-electron chi connectivity index (χ0n) is 15.4. The van der Waals surface area contributed by atoms with Crippen molar-refractivity contribution in [1.29, 1.82) is 0 Å². The van der Waals surface area contributed by atoms with Crippen molar-refractivity contribution in [2.45, 2.75) is 38.6 Å². The number of carbonyl (C=O) groups is 3. The van der Waals surface area contributed by atoms with E-state index in [1.54, 1.807) is 23.1 Å². The molecular weight excluding hydrogens is 400 g/mol. The second kappa shape index (κ2) is 7.18. The molecule has 0 spiro atoms. The fraction of sp³-hybridized carbons (Fsp3) is 0.368. The van der Waals surface area contributed by atoms with Crippen molar-refractivity contribution in [3.05, 3.63) is 38.8 Å². The molecule has 28 heavy (non-hydrogen) atoms. The molecule has 7 nitrogen and oxygen atoms in total. The number of thiazole rings is 1. The minimum atomic E-state index is -0.427. The van der Waals surface area contributed by atoms with E-state index in [1.165, 1.54) is 11.3 Å². The molecule has 1 fully saturated rings. The van der Waals surface area contributed by atoms with E-state index < -0.39 is 6.04 Å². The first-order valence-electron chi connectivity index (χ1n) is 9.08. The Hall–Kier alpha value is -2.45. The minimum Gasteiger partial charge on any atom is -0.327 e. The van der Waals surface area contributed by atoms with E-state index in [1.807, 2.05) is 13.8 Å². The molecule has 1 aromatic heterocycles. The van der Waals surface area contributed by atoms with E-state index in [0.29, 0.717) is 40.1 Å². The molecule has 3 heterocycles. The molecule has 1 saturated heterocycles. The Labute approximate surface area is 171 Å².